The SMILES string of the molecule is CC(=C(c1ccccc1)c1ccccc1)c1ccccc1.COC(C)(C)C(C)(C)OC. The highest BCUT2D eigenvalue weighted by Gasteiger charge is 2.36. The molecule has 3 aromatic rings. The van der Waals surface area contributed by atoms with Crippen molar-refractivity contribution in [1.82, 2.24) is 0 Å². The Morgan fingerprint density at radius 1 is 0.516 bits per heavy atom. The first kappa shape index (κ1) is 24.6. The van der Waals surface area contributed by atoms with Crippen molar-refractivity contribution in [2.45, 2.75) is 45.8 Å². The minimum absolute atomic E-state index is 0.234. The van der Waals surface area contributed by atoms with Crippen LogP contribution in [0.3, 0.4) is 0 Å². The lowest BCUT2D eigenvalue weighted by Crippen LogP contribution is -2.48. The molecule has 0 saturated heterocycles. The lowest BCUT2D eigenvalue weighted by molar-refractivity contribution is -0.147. The number of rotatable bonds is 6. The quantitative estimate of drug-likeness (QED) is 0.387. The summed E-state index contributed by atoms with van der Waals surface area (Å²) in [7, 11) is 3.39. The maximum atomic E-state index is 5.27. The van der Waals surface area contributed by atoms with E-state index in [4.69, 9.17) is 9.47 Å². The van der Waals surface area contributed by atoms with Crippen LogP contribution in [0.2, 0.25) is 0 Å². The molecule has 0 fully saturated rings. The molecular formula is C29H36O2. The van der Waals surface area contributed by atoms with E-state index >= 15 is 0 Å². The molecule has 0 amide bonds. The summed E-state index contributed by atoms with van der Waals surface area (Å²) in [5.74, 6) is 0. The Kier molecular flexibility index (Phi) is 8.79. The molecule has 3 aromatic carbocycles. The standard InChI is InChI=1S/C21H18.C8H18O2/c1-17(18-11-5-2-6-12-18)21(19-13-7-3-8-14-19)20-15-9-4-10-16-20;1-7(2,9-5)8(3,4)10-6/h2-16H,1H3;1-6H3. The third kappa shape index (κ3) is 6.40. The third-order valence-corrected chi connectivity index (χ3v) is 6.18. The van der Waals surface area contributed by atoms with Gasteiger partial charge in [0.15, 0.2) is 0 Å². The van der Waals surface area contributed by atoms with Crippen LogP contribution in [0.15, 0.2) is 91.0 Å². The number of methoxy groups -OCH3 is 2. The van der Waals surface area contributed by atoms with Gasteiger partial charge in [-0.15, -0.1) is 0 Å². The summed E-state index contributed by atoms with van der Waals surface area (Å²) in [6, 6.07) is 31.8. The van der Waals surface area contributed by atoms with Crippen molar-refractivity contribution in [2.75, 3.05) is 14.2 Å². The average molecular weight is 417 g/mol. The topological polar surface area (TPSA) is 18.5 Å². The lowest BCUT2D eigenvalue weighted by atomic mass is 9.89. The van der Waals surface area contributed by atoms with E-state index in [-0.39, 0.29) is 11.2 Å². The average Bonchev–Trinajstić information content (AvgIpc) is 2.81. The zero-order chi connectivity index (χ0) is 22.9. The largest absolute Gasteiger partial charge is 0.376 e. The summed E-state index contributed by atoms with van der Waals surface area (Å²) < 4.78 is 10.5. The van der Waals surface area contributed by atoms with Gasteiger partial charge in [-0.25, -0.2) is 0 Å². The van der Waals surface area contributed by atoms with Gasteiger partial charge in [-0.05, 0) is 62.5 Å². The van der Waals surface area contributed by atoms with Gasteiger partial charge in [-0.1, -0.05) is 91.0 Å². The zero-order valence-corrected chi connectivity index (χ0v) is 20.0. The summed E-state index contributed by atoms with van der Waals surface area (Å²) in [5.41, 5.74) is 5.90. The van der Waals surface area contributed by atoms with E-state index in [1.165, 1.54) is 27.8 Å². The van der Waals surface area contributed by atoms with E-state index in [1.54, 1.807) is 14.2 Å². The highest BCUT2D eigenvalue weighted by Crippen LogP contribution is 2.31. The second-order valence-corrected chi connectivity index (χ2v) is 8.53. The fourth-order valence-corrected chi connectivity index (χ4v) is 3.13. The van der Waals surface area contributed by atoms with Crippen LogP contribution in [0.25, 0.3) is 11.1 Å². The van der Waals surface area contributed by atoms with Crippen LogP contribution >= 0.6 is 0 Å². The van der Waals surface area contributed by atoms with Crippen molar-refractivity contribution < 1.29 is 9.47 Å². The number of benzene rings is 3. The van der Waals surface area contributed by atoms with Crippen LogP contribution < -0.4 is 0 Å². The fourth-order valence-electron chi connectivity index (χ4n) is 3.13. The summed E-state index contributed by atoms with van der Waals surface area (Å²) in [5, 5.41) is 0. The van der Waals surface area contributed by atoms with Crippen LogP contribution in [0, 0.1) is 0 Å². The third-order valence-electron chi connectivity index (χ3n) is 6.18. The lowest BCUT2D eigenvalue weighted by Gasteiger charge is -2.38. The van der Waals surface area contributed by atoms with Gasteiger partial charge in [-0.3, -0.25) is 0 Å². The van der Waals surface area contributed by atoms with Gasteiger partial charge in [0.05, 0.1) is 11.2 Å². The van der Waals surface area contributed by atoms with Gasteiger partial charge in [0.1, 0.15) is 0 Å². The second kappa shape index (κ2) is 11.1. The molecule has 0 spiro atoms. The molecule has 0 aromatic heterocycles. The van der Waals surface area contributed by atoms with Gasteiger partial charge >= 0.3 is 0 Å². The molecule has 31 heavy (non-hydrogen) atoms. The van der Waals surface area contributed by atoms with Crippen LogP contribution in [0.4, 0.5) is 0 Å². The molecule has 2 heteroatoms. The molecule has 0 radical (unpaired) electrons. The van der Waals surface area contributed by atoms with Gasteiger partial charge < -0.3 is 9.47 Å². The Morgan fingerprint density at radius 2 is 0.806 bits per heavy atom. The van der Waals surface area contributed by atoms with Crippen LogP contribution in [0.1, 0.15) is 51.3 Å². The van der Waals surface area contributed by atoms with Crippen molar-refractivity contribution in [3.63, 3.8) is 0 Å². The van der Waals surface area contributed by atoms with Crippen molar-refractivity contribution in [1.29, 1.82) is 0 Å². The first-order valence-electron chi connectivity index (χ1n) is 10.7. The van der Waals surface area contributed by atoms with Crippen molar-refractivity contribution >= 4 is 11.1 Å². The monoisotopic (exact) mass is 416 g/mol. The molecule has 0 unspecified atom stereocenters. The molecule has 0 bridgehead atoms. The molecule has 0 saturated carbocycles. The Balaban J connectivity index is 0.000000291. The highest BCUT2D eigenvalue weighted by molar-refractivity contribution is 5.97. The predicted molar refractivity (Wildman–Crippen MR) is 133 cm³/mol. The first-order chi connectivity index (χ1) is 14.7. The molecule has 2 nitrogen and oxygen atoms in total. The van der Waals surface area contributed by atoms with E-state index in [0.29, 0.717) is 0 Å². The minimum Gasteiger partial charge on any atom is -0.376 e. The van der Waals surface area contributed by atoms with Gasteiger partial charge in [0.25, 0.3) is 0 Å². The number of ether oxygens (including phenoxy) is 2. The highest BCUT2D eigenvalue weighted by atomic mass is 16.5. The number of allylic oxidation sites excluding steroid dienone is 1. The normalized spacial score (nSPS) is 11.3. The molecule has 3 rings (SSSR count). The van der Waals surface area contributed by atoms with E-state index in [0.717, 1.165) is 0 Å². The van der Waals surface area contributed by atoms with E-state index in [9.17, 15) is 0 Å². The second-order valence-electron chi connectivity index (χ2n) is 8.53. The summed E-state index contributed by atoms with van der Waals surface area (Å²) >= 11 is 0. The van der Waals surface area contributed by atoms with Crippen LogP contribution in [-0.2, 0) is 9.47 Å². The fraction of sp³-hybridized carbons (Fsp3) is 0.310. The maximum Gasteiger partial charge on any atom is 0.0905 e. The van der Waals surface area contributed by atoms with Gasteiger partial charge in [0, 0.05) is 14.2 Å². The first-order valence-corrected chi connectivity index (χ1v) is 10.7. The summed E-state index contributed by atoms with van der Waals surface area (Å²) in [6.07, 6.45) is 0. The van der Waals surface area contributed by atoms with E-state index < -0.39 is 0 Å². The van der Waals surface area contributed by atoms with Crippen LogP contribution in [-0.4, -0.2) is 25.4 Å². The zero-order valence-electron chi connectivity index (χ0n) is 20.0. The molecule has 0 aliphatic rings. The van der Waals surface area contributed by atoms with E-state index in [2.05, 4.69) is 97.9 Å². The van der Waals surface area contributed by atoms with Crippen LogP contribution in [0.5, 0.6) is 0 Å². The van der Waals surface area contributed by atoms with E-state index in [1.807, 2.05) is 27.7 Å². The van der Waals surface area contributed by atoms with Gasteiger partial charge in [-0.2, -0.15) is 0 Å². The molecule has 164 valence electrons. The molecule has 0 heterocycles. The Hall–Kier alpha value is -2.68. The molecule has 0 atom stereocenters. The van der Waals surface area contributed by atoms with Crippen molar-refractivity contribution in [2.24, 2.45) is 0 Å². The molecule has 0 aliphatic heterocycles. The predicted octanol–water partition coefficient (Wildman–Crippen LogP) is 7.50. The number of hydrogen-bond acceptors (Lipinski definition) is 2. The van der Waals surface area contributed by atoms with Crippen molar-refractivity contribution in [3.8, 4) is 0 Å². The molecule has 0 aliphatic carbocycles. The molecular weight excluding hydrogens is 380 g/mol. The summed E-state index contributed by atoms with van der Waals surface area (Å²) in [4.78, 5) is 0. The number of hydrogen-bond donors (Lipinski definition) is 0. The smallest absolute Gasteiger partial charge is 0.0905 e. The van der Waals surface area contributed by atoms with Gasteiger partial charge in [0.2, 0.25) is 0 Å². The Labute approximate surface area is 188 Å². The summed E-state index contributed by atoms with van der Waals surface area (Å²) in [6.45, 7) is 10.2. The maximum absolute atomic E-state index is 5.27. The minimum atomic E-state index is -0.234. The molecule has 0 N–H and O–H groups in total. The Bertz CT molecular complexity index is 884. The van der Waals surface area contributed by atoms with Crippen molar-refractivity contribution in [3.05, 3.63) is 108 Å². The Morgan fingerprint density at radius 3 is 1.10 bits per heavy atom.